The number of nitrogens with zero attached hydrogens (tertiary/aromatic N) is 2. The summed E-state index contributed by atoms with van der Waals surface area (Å²) >= 11 is 0. The minimum absolute atomic E-state index is 0.00388. The van der Waals surface area contributed by atoms with E-state index in [0.717, 1.165) is 6.20 Å². The van der Waals surface area contributed by atoms with Crippen molar-refractivity contribution >= 4 is 43.2 Å². The van der Waals surface area contributed by atoms with E-state index in [1.807, 2.05) is 0 Å². The molecule has 176 valence electrons. The number of aryl methyl sites for hydroxylation is 1. The molecule has 0 amide bonds. The third kappa shape index (κ3) is 6.22. The Kier molecular flexibility index (Phi) is 6.97. The molecule has 0 aliphatic heterocycles. The van der Waals surface area contributed by atoms with Crippen molar-refractivity contribution in [2.75, 3.05) is 10.6 Å². The minimum Gasteiger partial charge on any atom is -0.338 e. The summed E-state index contributed by atoms with van der Waals surface area (Å²) < 4.78 is 65.1. The highest BCUT2D eigenvalue weighted by Crippen LogP contribution is 2.24. The second-order valence-corrected chi connectivity index (χ2v) is 10.7. The van der Waals surface area contributed by atoms with Gasteiger partial charge in [-0.1, -0.05) is 12.1 Å². The van der Waals surface area contributed by atoms with E-state index in [0.29, 0.717) is 11.3 Å². The van der Waals surface area contributed by atoms with Gasteiger partial charge in [-0.3, -0.25) is 0 Å². The summed E-state index contributed by atoms with van der Waals surface area (Å²) in [5.41, 5.74) is 1.08. The Bertz CT molecular complexity index is 1400. The number of rotatable bonds is 8. The third-order valence-corrected chi connectivity index (χ3v) is 7.00. The van der Waals surface area contributed by atoms with Gasteiger partial charge in [-0.25, -0.2) is 36.1 Å². The fourth-order valence-corrected chi connectivity index (χ4v) is 4.99. The highest BCUT2D eigenvalue weighted by Gasteiger charge is 2.17. The van der Waals surface area contributed by atoms with Crippen molar-refractivity contribution in [1.82, 2.24) is 14.7 Å². The smallest absolute Gasteiger partial charge is 0.240 e. The lowest BCUT2D eigenvalue weighted by molar-refractivity contribution is 0.570. The monoisotopic (exact) mass is 494 g/mol. The lowest BCUT2D eigenvalue weighted by Gasteiger charge is -2.13. The molecule has 13 heteroatoms. The molecule has 3 rings (SSSR count). The van der Waals surface area contributed by atoms with Crippen molar-refractivity contribution in [3.05, 3.63) is 60.0 Å². The van der Waals surface area contributed by atoms with Crippen molar-refractivity contribution in [3.63, 3.8) is 0 Å². The van der Waals surface area contributed by atoms with E-state index in [2.05, 4.69) is 25.3 Å². The van der Waals surface area contributed by atoms with Gasteiger partial charge in [0, 0.05) is 17.4 Å². The average molecular weight is 495 g/mol. The predicted molar refractivity (Wildman–Crippen MR) is 123 cm³/mol. The van der Waals surface area contributed by atoms with Gasteiger partial charge in [-0.05, 0) is 56.7 Å². The van der Waals surface area contributed by atoms with Crippen LogP contribution in [0.1, 0.15) is 19.4 Å². The number of hydrogen-bond acceptors (Lipinski definition) is 8. The molecule has 0 bridgehead atoms. The number of primary sulfonamides is 1. The van der Waals surface area contributed by atoms with E-state index >= 15 is 0 Å². The van der Waals surface area contributed by atoms with Gasteiger partial charge in [0.05, 0.1) is 16.0 Å². The summed E-state index contributed by atoms with van der Waals surface area (Å²) in [7, 11) is -7.68. The Balaban J connectivity index is 1.87. The number of nitrogens with two attached hydrogens (primary N) is 1. The van der Waals surface area contributed by atoms with Crippen molar-refractivity contribution in [2.45, 2.75) is 36.6 Å². The normalized spacial score (nSPS) is 12.1. The summed E-state index contributed by atoms with van der Waals surface area (Å²) in [5.74, 6) is -1.01. The highest BCUT2D eigenvalue weighted by atomic mass is 32.2. The van der Waals surface area contributed by atoms with Gasteiger partial charge in [0.1, 0.15) is 0 Å². The van der Waals surface area contributed by atoms with Crippen molar-refractivity contribution in [3.8, 4) is 0 Å². The van der Waals surface area contributed by atoms with Crippen LogP contribution in [0.2, 0.25) is 0 Å². The number of sulfonamides is 2. The highest BCUT2D eigenvalue weighted by molar-refractivity contribution is 7.89. The van der Waals surface area contributed by atoms with Crippen LogP contribution in [0.4, 0.5) is 27.5 Å². The lowest BCUT2D eigenvalue weighted by atomic mass is 10.2. The van der Waals surface area contributed by atoms with Crippen LogP contribution in [0.5, 0.6) is 0 Å². The fourth-order valence-electron chi connectivity index (χ4n) is 2.88. The molecule has 1 aromatic heterocycles. The molecule has 0 atom stereocenters. The van der Waals surface area contributed by atoms with Crippen LogP contribution in [0.15, 0.2) is 58.5 Å². The summed E-state index contributed by atoms with van der Waals surface area (Å²) in [4.78, 5) is 7.85. The Morgan fingerprint density at radius 1 is 1.00 bits per heavy atom. The number of halogens is 1. The molecule has 0 fully saturated rings. The SMILES string of the molecule is Cc1ccc(Nc2ncc(F)c(Nc3cccc(S(=O)(=O)NC(C)C)c3)n2)cc1S(N)(=O)=O. The standard InChI is InChI=1S/C20H23FN6O4S2/c1-12(2)27-33(30,31)16-6-4-5-14(9-16)24-19-17(21)11-23-20(26-19)25-15-8-7-13(3)18(10-15)32(22,28)29/h4-12,27H,1-3H3,(H2,22,28,29)(H2,23,24,25,26). The first-order chi connectivity index (χ1) is 15.3. The quantitative estimate of drug-likeness (QED) is 0.372. The van der Waals surface area contributed by atoms with Gasteiger partial charge in [-0.15, -0.1) is 0 Å². The molecule has 10 nitrogen and oxygen atoms in total. The number of nitrogens with one attached hydrogen (secondary N) is 3. The number of anilines is 4. The van der Waals surface area contributed by atoms with Crippen LogP contribution in [0.3, 0.4) is 0 Å². The molecule has 33 heavy (non-hydrogen) atoms. The maximum Gasteiger partial charge on any atom is 0.240 e. The molecule has 0 aliphatic rings. The van der Waals surface area contributed by atoms with Gasteiger partial charge in [0.2, 0.25) is 26.0 Å². The van der Waals surface area contributed by atoms with E-state index in [1.54, 1.807) is 39.0 Å². The average Bonchev–Trinajstić information content (AvgIpc) is 2.70. The first-order valence-electron chi connectivity index (χ1n) is 9.67. The molecule has 2 aromatic carbocycles. The number of hydrogen-bond donors (Lipinski definition) is 4. The van der Waals surface area contributed by atoms with Crippen LogP contribution < -0.4 is 20.5 Å². The van der Waals surface area contributed by atoms with Crippen LogP contribution in [-0.2, 0) is 20.0 Å². The van der Waals surface area contributed by atoms with Gasteiger partial charge in [0.25, 0.3) is 0 Å². The molecule has 5 N–H and O–H groups in total. The minimum atomic E-state index is -3.94. The van der Waals surface area contributed by atoms with E-state index in [-0.39, 0.29) is 33.3 Å². The van der Waals surface area contributed by atoms with Crippen molar-refractivity contribution in [2.24, 2.45) is 5.14 Å². The molecule has 0 spiro atoms. The largest absolute Gasteiger partial charge is 0.338 e. The molecule has 3 aromatic rings. The Morgan fingerprint density at radius 2 is 1.70 bits per heavy atom. The topological polar surface area (TPSA) is 156 Å². The van der Waals surface area contributed by atoms with Crippen LogP contribution in [0, 0.1) is 12.7 Å². The number of aromatic nitrogens is 2. The van der Waals surface area contributed by atoms with E-state index in [9.17, 15) is 21.2 Å². The Hall–Kier alpha value is -3.13. The molecule has 0 unspecified atom stereocenters. The molecule has 1 heterocycles. The molecule has 0 radical (unpaired) electrons. The second-order valence-electron chi connectivity index (χ2n) is 7.47. The first kappa shape index (κ1) is 24.5. The predicted octanol–water partition coefficient (Wildman–Crippen LogP) is 2.75. The molecule has 0 saturated heterocycles. The summed E-state index contributed by atoms with van der Waals surface area (Å²) in [6, 6.07) is 10.0. The van der Waals surface area contributed by atoms with Crippen LogP contribution >= 0.6 is 0 Å². The van der Waals surface area contributed by atoms with E-state index in [4.69, 9.17) is 5.14 Å². The first-order valence-corrected chi connectivity index (χ1v) is 12.7. The molecule has 0 aliphatic carbocycles. The lowest BCUT2D eigenvalue weighted by Crippen LogP contribution is -2.30. The maximum absolute atomic E-state index is 14.3. The van der Waals surface area contributed by atoms with Gasteiger partial charge in [-0.2, -0.15) is 4.98 Å². The van der Waals surface area contributed by atoms with Gasteiger partial charge >= 0.3 is 0 Å². The zero-order valence-corrected chi connectivity index (χ0v) is 19.6. The van der Waals surface area contributed by atoms with Crippen LogP contribution in [0.25, 0.3) is 0 Å². The summed E-state index contributed by atoms with van der Waals surface area (Å²) in [5, 5.41) is 10.8. The van der Waals surface area contributed by atoms with E-state index < -0.39 is 25.9 Å². The zero-order chi connectivity index (χ0) is 24.4. The molecular weight excluding hydrogens is 471 g/mol. The van der Waals surface area contributed by atoms with Gasteiger partial charge < -0.3 is 10.6 Å². The third-order valence-electron chi connectivity index (χ3n) is 4.29. The Morgan fingerprint density at radius 3 is 2.36 bits per heavy atom. The maximum atomic E-state index is 14.3. The van der Waals surface area contributed by atoms with Gasteiger partial charge in [0.15, 0.2) is 11.6 Å². The second kappa shape index (κ2) is 9.39. The van der Waals surface area contributed by atoms with E-state index in [1.165, 1.54) is 24.3 Å². The number of benzene rings is 2. The molecule has 0 saturated carbocycles. The molecular formula is C20H23FN6O4S2. The zero-order valence-electron chi connectivity index (χ0n) is 18.0. The van der Waals surface area contributed by atoms with Crippen molar-refractivity contribution in [1.29, 1.82) is 0 Å². The fraction of sp³-hybridized carbons (Fsp3) is 0.200. The Labute approximate surface area is 191 Å². The van der Waals surface area contributed by atoms with Crippen LogP contribution in [-0.4, -0.2) is 32.8 Å². The summed E-state index contributed by atoms with van der Waals surface area (Å²) in [6.07, 6.45) is 0.924. The van der Waals surface area contributed by atoms with Crippen molar-refractivity contribution < 1.29 is 21.2 Å². The summed E-state index contributed by atoms with van der Waals surface area (Å²) in [6.45, 7) is 5.00.